The molecule has 0 aliphatic carbocycles. The van der Waals surface area contributed by atoms with Crippen LogP contribution in [0.5, 0.6) is 17.2 Å². The number of ketones is 1. The normalized spacial score (nSPS) is 14.3. The molecule has 1 aromatic heterocycles. The summed E-state index contributed by atoms with van der Waals surface area (Å²) in [4.78, 5) is 61.7. The maximum atomic E-state index is 15.1. The topological polar surface area (TPSA) is 257 Å². The van der Waals surface area contributed by atoms with E-state index < -0.39 is 63.7 Å². The summed E-state index contributed by atoms with van der Waals surface area (Å²) in [6.07, 6.45) is 5.94. The Morgan fingerprint density at radius 3 is 2.06 bits per heavy atom. The first-order valence-corrected chi connectivity index (χ1v) is 32.6. The Hall–Kier alpha value is -7.74. The van der Waals surface area contributed by atoms with E-state index in [1.165, 1.54) is 0 Å². The van der Waals surface area contributed by atoms with Crippen LogP contribution in [-0.4, -0.2) is 103 Å². The van der Waals surface area contributed by atoms with Crippen LogP contribution in [0.25, 0.3) is 32.7 Å². The molecule has 5 aromatic carbocycles. The lowest BCUT2D eigenvalue weighted by molar-refractivity contribution is -0.133. The summed E-state index contributed by atoms with van der Waals surface area (Å²) in [6, 6.07) is 21.6. The molecule has 2 heterocycles. The Kier molecular flexibility index (Phi) is 23.1. The van der Waals surface area contributed by atoms with E-state index >= 15 is 4.79 Å². The van der Waals surface area contributed by atoms with Crippen LogP contribution in [0.3, 0.4) is 0 Å². The first-order valence-electron chi connectivity index (χ1n) is 31.1. The molecule has 3 atom stereocenters. The van der Waals surface area contributed by atoms with Gasteiger partial charge in [-0.1, -0.05) is 107 Å². The summed E-state index contributed by atoms with van der Waals surface area (Å²) in [6.45, 7) is 25.5. The number of nitrogens with one attached hydrogen (secondary N) is 4. The fourth-order valence-corrected chi connectivity index (χ4v) is 12.9. The van der Waals surface area contributed by atoms with Gasteiger partial charge in [0.25, 0.3) is 15.9 Å². The Balaban J connectivity index is 1.16. The highest BCUT2D eigenvalue weighted by molar-refractivity contribution is 7.90. The molecule has 1 aliphatic rings. The quantitative estimate of drug-likeness (QED) is 0.0160. The summed E-state index contributed by atoms with van der Waals surface area (Å²) < 4.78 is 57.1. The molecule has 0 saturated carbocycles. The second-order valence-corrected chi connectivity index (χ2v) is 27.3. The van der Waals surface area contributed by atoms with E-state index in [1.54, 1.807) is 39.3 Å². The van der Waals surface area contributed by atoms with Crippen molar-refractivity contribution in [3.8, 4) is 28.4 Å². The van der Waals surface area contributed by atoms with Crippen molar-refractivity contribution < 1.29 is 46.5 Å². The number of nitrogens with zero attached hydrogens (tertiary/aromatic N) is 4. The predicted molar refractivity (Wildman–Crippen MR) is 346 cm³/mol. The molecule has 0 saturated heterocycles. The lowest BCUT2D eigenvalue weighted by Gasteiger charge is -2.27. The Morgan fingerprint density at radius 2 is 1.43 bits per heavy atom. The number of nitrogens with two attached hydrogens (primary N) is 1. The number of ether oxygens (including phenoxy) is 4. The van der Waals surface area contributed by atoms with E-state index in [9.17, 15) is 22.8 Å². The highest BCUT2D eigenvalue weighted by Crippen LogP contribution is 2.46. The van der Waals surface area contributed by atoms with Gasteiger partial charge in [-0.3, -0.25) is 24.1 Å². The highest BCUT2D eigenvalue weighted by Gasteiger charge is 2.37. The Labute approximate surface area is 520 Å². The number of aromatic nitrogens is 3. The van der Waals surface area contributed by atoms with E-state index in [4.69, 9.17) is 24.7 Å². The fourth-order valence-electron chi connectivity index (χ4n) is 11.4. The van der Waals surface area contributed by atoms with Crippen LogP contribution < -0.4 is 40.6 Å². The van der Waals surface area contributed by atoms with Crippen molar-refractivity contribution in [1.82, 2.24) is 35.7 Å². The number of hydrogen-bond acceptors (Lipinski definition) is 13. The predicted octanol–water partition coefficient (Wildman–Crippen LogP) is 11.3. The number of alkyl carbamates (subject to hydrolysis) is 1. The van der Waals surface area contributed by atoms with E-state index in [2.05, 4.69) is 56.7 Å². The van der Waals surface area contributed by atoms with Gasteiger partial charge < -0.3 is 40.6 Å². The third-order valence-electron chi connectivity index (χ3n) is 15.6. The van der Waals surface area contributed by atoms with E-state index in [1.807, 2.05) is 114 Å². The van der Waals surface area contributed by atoms with Crippen LogP contribution in [0, 0.1) is 38.5 Å². The summed E-state index contributed by atoms with van der Waals surface area (Å²) >= 11 is 0. The Morgan fingerprint density at radius 1 is 0.795 bits per heavy atom. The summed E-state index contributed by atoms with van der Waals surface area (Å²) in [5, 5.41) is 21.2. The fraction of sp³-hybridized carbons (Fsp3) is 0.515. The van der Waals surface area contributed by atoms with Crippen molar-refractivity contribution in [2.24, 2.45) is 28.5 Å². The zero-order valence-electron chi connectivity index (χ0n) is 53.9. The Bertz CT molecular complexity index is 3590. The maximum absolute atomic E-state index is 15.1. The van der Waals surface area contributed by atoms with Crippen molar-refractivity contribution in [2.45, 2.75) is 189 Å². The first-order chi connectivity index (χ1) is 41.6. The second-order valence-electron chi connectivity index (χ2n) is 25.7. The van der Waals surface area contributed by atoms with Gasteiger partial charge in [0.1, 0.15) is 34.5 Å². The molecule has 0 bridgehead atoms. The molecule has 476 valence electrons. The zero-order chi connectivity index (χ0) is 64.1. The SMILES string of the molecule is CCCc1cn(C[C@H](CC(C)C)C(=O)[C@H](CCCN=C(N)NS(=O)(=O)c2c(C)c(C)c3c(c2C)CC(C)(C)O3)NC(=O)[C@H](CCCCNC(=O)OC(C)(C)C)NC(=O)COc2ccc3ccccc3c2-c2c(OCCC(C)C)ccc3ccccc23)nn1. The average molecular weight is 1230 g/mol. The third-order valence-corrected chi connectivity index (χ3v) is 17.3. The minimum absolute atomic E-state index is 0.00123. The minimum Gasteiger partial charge on any atom is -0.493 e. The molecule has 0 radical (unpaired) electrons. The summed E-state index contributed by atoms with van der Waals surface area (Å²) in [5.41, 5.74) is 10.2. The number of sulfonamides is 1. The number of fused-ring (bicyclic) bond motifs is 3. The van der Waals surface area contributed by atoms with Crippen molar-refractivity contribution >= 4 is 61.2 Å². The zero-order valence-corrected chi connectivity index (χ0v) is 54.7. The smallest absolute Gasteiger partial charge is 0.407 e. The number of aliphatic imine (C=N–C) groups is 1. The number of aryl methyl sites for hydroxylation is 1. The lowest BCUT2D eigenvalue weighted by atomic mass is 9.88. The first kappa shape index (κ1) is 67.8. The molecular formula is C68H93N9O10S. The molecule has 0 spiro atoms. The van der Waals surface area contributed by atoms with E-state index in [0.717, 1.165) is 68.8 Å². The molecule has 88 heavy (non-hydrogen) atoms. The number of carbonyl (C=O) groups excluding carboxylic acids is 4. The number of benzene rings is 5. The van der Waals surface area contributed by atoms with Gasteiger partial charge in [0.15, 0.2) is 12.4 Å². The number of amides is 3. The number of guanidine groups is 1. The molecule has 0 unspecified atom stereocenters. The lowest BCUT2D eigenvalue weighted by Crippen LogP contribution is -2.53. The molecule has 20 heteroatoms. The molecule has 19 nitrogen and oxygen atoms in total. The highest BCUT2D eigenvalue weighted by atomic mass is 32.2. The van der Waals surface area contributed by atoms with Gasteiger partial charge in [-0.15, -0.1) is 5.10 Å². The minimum atomic E-state index is -4.20. The van der Waals surface area contributed by atoms with E-state index in [-0.39, 0.29) is 61.5 Å². The van der Waals surface area contributed by atoms with Gasteiger partial charge in [-0.05, 0) is 169 Å². The summed E-state index contributed by atoms with van der Waals surface area (Å²) in [5.74, 6) is -0.0767. The molecule has 3 amide bonds. The van der Waals surface area contributed by atoms with Crippen molar-refractivity contribution in [3.05, 3.63) is 107 Å². The molecular weight excluding hydrogens is 1130 g/mol. The maximum Gasteiger partial charge on any atom is 0.407 e. The van der Waals surface area contributed by atoms with Gasteiger partial charge >= 0.3 is 6.09 Å². The molecule has 6 aromatic rings. The van der Waals surface area contributed by atoms with E-state index in [0.29, 0.717) is 66.6 Å². The number of hydrogen-bond donors (Lipinski definition) is 5. The summed E-state index contributed by atoms with van der Waals surface area (Å²) in [7, 11) is -4.20. The number of rotatable bonds is 30. The molecule has 6 N–H and O–H groups in total. The van der Waals surface area contributed by atoms with Gasteiger partial charge in [0.2, 0.25) is 11.9 Å². The van der Waals surface area contributed by atoms with Gasteiger partial charge in [-0.25, -0.2) is 17.9 Å². The van der Waals surface area contributed by atoms with Gasteiger partial charge in [-0.2, -0.15) is 0 Å². The van der Waals surface area contributed by atoms with Crippen LogP contribution in [0.4, 0.5) is 4.79 Å². The van der Waals surface area contributed by atoms with Crippen molar-refractivity contribution in [3.63, 3.8) is 0 Å². The standard InChI is InChI=1S/C68H93N9O10S/c1-14-22-50-40-77(76-74-50)39-49(37-43(4)5)61(79)54(28-21-35-70-65(69)75-88(82,83)63-45(7)44(6)62-53(46(63)8)38-68(12,13)86-62)73-64(80)55(27-19-20-34-71-66(81)87-67(9,10)11)72-58(78)41-85-57-32-30-48-24-16-18-26-52(48)60(57)59-51-25-17-15-23-47(51)29-31-56(59)84-36-33-42(2)3/h15-18,23-26,29-32,40,42-43,49,54-55H,14,19-22,27-28,33-39,41H2,1-13H3,(H,71,81)(H,72,78)(H,73,80)(H3,69,70,75)/t49-,54-,55-/m0/s1. The second kappa shape index (κ2) is 30.0. The van der Waals surface area contributed by atoms with Gasteiger partial charge in [0.05, 0.1) is 29.8 Å². The van der Waals surface area contributed by atoms with Gasteiger partial charge in [0, 0.05) is 48.3 Å². The largest absolute Gasteiger partial charge is 0.493 e. The van der Waals surface area contributed by atoms with Crippen molar-refractivity contribution in [2.75, 3.05) is 26.3 Å². The number of Topliss-reactive ketones (excluding diaryl/α,β-unsaturated/α-hetero) is 1. The van der Waals surface area contributed by atoms with Crippen LogP contribution in [-0.2, 0) is 48.5 Å². The van der Waals surface area contributed by atoms with Crippen LogP contribution in [0.2, 0.25) is 0 Å². The number of unbranched alkanes of at least 4 members (excludes halogenated alkanes) is 1. The third kappa shape index (κ3) is 18.2. The molecule has 0 fully saturated rings. The molecule has 1 aliphatic heterocycles. The van der Waals surface area contributed by atoms with Crippen LogP contribution in [0.1, 0.15) is 149 Å². The monoisotopic (exact) mass is 1230 g/mol. The average Bonchev–Trinajstić information content (AvgIpc) is 1.39. The number of carbonyl (C=O) groups is 4. The van der Waals surface area contributed by atoms with Crippen molar-refractivity contribution in [1.29, 1.82) is 0 Å². The molecule has 7 rings (SSSR count). The van der Waals surface area contributed by atoms with Crippen LogP contribution in [0.15, 0.2) is 88.9 Å². The van der Waals surface area contributed by atoms with Crippen LogP contribution >= 0.6 is 0 Å².